The van der Waals surface area contributed by atoms with Crippen molar-refractivity contribution in [2.24, 2.45) is 0 Å². The minimum absolute atomic E-state index is 0.122. The molecule has 6 nitrogen and oxygen atoms in total. The Bertz CT molecular complexity index is 1210. The van der Waals surface area contributed by atoms with Gasteiger partial charge in [0.1, 0.15) is 11.5 Å². The van der Waals surface area contributed by atoms with Gasteiger partial charge in [-0.1, -0.05) is 18.2 Å². The van der Waals surface area contributed by atoms with Crippen LogP contribution < -0.4 is 10.2 Å². The number of nitrogens with zero attached hydrogens (tertiary/aromatic N) is 4. The summed E-state index contributed by atoms with van der Waals surface area (Å²) in [6.45, 7) is 2.24. The molecule has 0 spiro atoms. The van der Waals surface area contributed by atoms with Gasteiger partial charge in [0.25, 0.3) is 5.91 Å². The largest absolute Gasteiger partial charge is 0.356 e. The fourth-order valence-corrected chi connectivity index (χ4v) is 4.16. The average Bonchev–Trinajstić information content (AvgIpc) is 3.40. The first kappa shape index (κ1) is 18.1. The van der Waals surface area contributed by atoms with Gasteiger partial charge in [-0.3, -0.25) is 4.79 Å². The third kappa shape index (κ3) is 3.58. The zero-order valence-corrected chi connectivity index (χ0v) is 17.4. The molecular weight excluding hydrogens is 430 g/mol. The van der Waals surface area contributed by atoms with Gasteiger partial charge in [-0.15, -0.1) is 0 Å². The Balaban J connectivity index is 1.43. The van der Waals surface area contributed by atoms with Crippen molar-refractivity contribution >= 4 is 44.2 Å². The van der Waals surface area contributed by atoms with Gasteiger partial charge in [-0.05, 0) is 53.0 Å². The molecule has 4 heterocycles. The molecule has 1 fully saturated rings. The molecular formula is C22H20BrN5O. The highest BCUT2D eigenvalue weighted by atomic mass is 79.9. The van der Waals surface area contributed by atoms with Crippen LogP contribution in [0.25, 0.3) is 16.6 Å². The zero-order valence-electron chi connectivity index (χ0n) is 15.8. The quantitative estimate of drug-likeness (QED) is 0.507. The smallest absolute Gasteiger partial charge is 0.255 e. The molecule has 0 unspecified atom stereocenters. The SMILES string of the molecule is O=C(NCc1cn2cc(Br)ccc2n1)c1cc2ccccc2nc1N1CCCC1. The molecule has 1 aliphatic rings. The number of benzene rings is 1. The summed E-state index contributed by atoms with van der Waals surface area (Å²) in [5.41, 5.74) is 3.20. The van der Waals surface area contributed by atoms with Crippen LogP contribution in [0.4, 0.5) is 5.82 Å². The molecule has 3 aromatic heterocycles. The molecule has 1 N–H and O–H groups in total. The number of fused-ring (bicyclic) bond motifs is 2. The van der Waals surface area contributed by atoms with Crippen LogP contribution in [0.5, 0.6) is 0 Å². The number of imidazole rings is 1. The summed E-state index contributed by atoms with van der Waals surface area (Å²) >= 11 is 3.46. The van der Waals surface area contributed by atoms with Crippen LogP contribution in [-0.4, -0.2) is 33.4 Å². The molecule has 0 aliphatic carbocycles. The number of halogens is 1. The predicted molar refractivity (Wildman–Crippen MR) is 117 cm³/mol. The van der Waals surface area contributed by atoms with E-state index >= 15 is 0 Å². The molecule has 146 valence electrons. The second kappa shape index (κ2) is 7.48. The highest BCUT2D eigenvalue weighted by Crippen LogP contribution is 2.26. The van der Waals surface area contributed by atoms with E-state index in [4.69, 9.17) is 4.98 Å². The van der Waals surface area contributed by atoms with E-state index in [0.29, 0.717) is 12.1 Å². The van der Waals surface area contributed by atoms with Crippen LogP contribution in [0.15, 0.2) is 59.3 Å². The number of rotatable bonds is 4. The van der Waals surface area contributed by atoms with Gasteiger partial charge in [0.2, 0.25) is 0 Å². The van der Waals surface area contributed by atoms with E-state index in [1.54, 1.807) is 0 Å². The molecule has 1 aromatic carbocycles. The summed E-state index contributed by atoms with van der Waals surface area (Å²) in [5.74, 6) is 0.654. The third-order valence-corrected chi connectivity index (χ3v) is 5.72. The van der Waals surface area contributed by atoms with Crippen molar-refractivity contribution in [3.63, 3.8) is 0 Å². The van der Waals surface area contributed by atoms with Crippen LogP contribution in [-0.2, 0) is 6.54 Å². The number of hydrogen-bond donors (Lipinski definition) is 1. The Hall–Kier alpha value is -2.93. The van der Waals surface area contributed by atoms with Crippen molar-refractivity contribution < 1.29 is 4.79 Å². The van der Waals surface area contributed by atoms with Gasteiger partial charge in [0, 0.05) is 35.3 Å². The lowest BCUT2D eigenvalue weighted by Gasteiger charge is -2.20. The Morgan fingerprint density at radius 1 is 1.07 bits per heavy atom. The van der Waals surface area contributed by atoms with Gasteiger partial charge in [-0.2, -0.15) is 0 Å². The standard InChI is InChI=1S/C22H20BrN5O/c23-16-7-8-20-25-17(14-28(20)13-16)12-24-22(29)18-11-15-5-1-2-6-19(15)26-21(18)27-9-3-4-10-27/h1-2,5-8,11,13-14H,3-4,9-10,12H2,(H,24,29). The minimum Gasteiger partial charge on any atom is -0.356 e. The maximum Gasteiger partial charge on any atom is 0.255 e. The maximum atomic E-state index is 13.1. The van der Waals surface area contributed by atoms with Crippen LogP contribution in [0, 0.1) is 0 Å². The summed E-state index contributed by atoms with van der Waals surface area (Å²) in [6, 6.07) is 13.8. The van der Waals surface area contributed by atoms with Gasteiger partial charge in [-0.25, -0.2) is 9.97 Å². The Morgan fingerprint density at radius 3 is 2.76 bits per heavy atom. The summed E-state index contributed by atoms with van der Waals surface area (Å²) in [7, 11) is 0. The lowest BCUT2D eigenvalue weighted by Crippen LogP contribution is -2.28. The van der Waals surface area contributed by atoms with Crippen LogP contribution in [0.2, 0.25) is 0 Å². The van der Waals surface area contributed by atoms with Crippen LogP contribution in [0.3, 0.4) is 0 Å². The third-order valence-electron chi connectivity index (χ3n) is 5.25. The maximum absolute atomic E-state index is 13.1. The minimum atomic E-state index is -0.122. The number of para-hydroxylation sites is 1. The fraction of sp³-hybridized carbons (Fsp3) is 0.227. The first-order valence-corrected chi connectivity index (χ1v) is 10.5. The second-order valence-corrected chi connectivity index (χ2v) is 8.19. The number of carbonyl (C=O) groups excluding carboxylic acids is 1. The molecule has 0 bridgehead atoms. The van der Waals surface area contributed by atoms with Gasteiger partial charge < -0.3 is 14.6 Å². The monoisotopic (exact) mass is 449 g/mol. The molecule has 4 aromatic rings. The highest BCUT2D eigenvalue weighted by Gasteiger charge is 2.22. The second-order valence-electron chi connectivity index (χ2n) is 7.27. The molecule has 0 saturated carbocycles. The van der Waals surface area contributed by atoms with Crippen molar-refractivity contribution in [3.05, 3.63) is 70.6 Å². The van der Waals surface area contributed by atoms with Crippen molar-refractivity contribution in [2.45, 2.75) is 19.4 Å². The van der Waals surface area contributed by atoms with E-state index in [2.05, 4.69) is 31.1 Å². The van der Waals surface area contributed by atoms with E-state index in [1.807, 2.05) is 59.3 Å². The Kier molecular flexibility index (Phi) is 4.67. The molecule has 5 rings (SSSR count). The Morgan fingerprint density at radius 2 is 1.90 bits per heavy atom. The van der Waals surface area contributed by atoms with E-state index < -0.39 is 0 Å². The molecule has 0 radical (unpaired) electrons. The van der Waals surface area contributed by atoms with Crippen molar-refractivity contribution in [1.82, 2.24) is 19.7 Å². The van der Waals surface area contributed by atoms with E-state index in [9.17, 15) is 4.79 Å². The molecule has 1 aliphatic heterocycles. The highest BCUT2D eigenvalue weighted by molar-refractivity contribution is 9.10. The molecule has 0 atom stereocenters. The predicted octanol–water partition coefficient (Wildman–Crippen LogP) is 4.18. The number of amides is 1. The number of carbonyl (C=O) groups is 1. The number of hydrogen-bond acceptors (Lipinski definition) is 4. The van der Waals surface area contributed by atoms with E-state index in [-0.39, 0.29) is 5.91 Å². The lowest BCUT2D eigenvalue weighted by atomic mass is 10.1. The lowest BCUT2D eigenvalue weighted by molar-refractivity contribution is 0.0951. The first-order chi connectivity index (χ1) is 14.2. The first-order valence-electron chi connectivity index (χ1n) is 9.73. The fourth-order valence-electron chi connectivity index (χ4n) is 3.81. The van der Waals surface area contributed by atoms with Crippen molar-refractivity contribution in [1.29, 1.82) is 0 Å². The summed E-state index contributed by atoms with van der Waals surface area (Å²) in [5, 5.41) is 4.00. The average molecular weight is 450 g/mol. The van der Waals surface area contributed by atoms with Crippen molar-refractivity contribution in [3.8, 4) is 0 Å². The molecule has 29 heavy (non-hydrogen) atoms. The van der Waals surface area contributed by atoms with Gasteiger partial charge >= 0.3 is 0 Å². The van der Waals surface area contributed by atoms with Gasteiger partial charge in [0.15, 0.2) is 0 Å². The summed E-state index contributed by atoms with van der Waals surface area (Å²) in [6.07, 6.45) is 6.14. The number of nitrogens with one attached hydrogen (secondary N) is 1. The molecule has 7 heteroatoms. The topological polar surface area (TPSA) is 62.5 Å². The van der Waals surface area contributed by atoms with Crippen LogP contribution >= 0.6 is 15.9 Å². The van der Waals surface area contributed by atoms with Crippen LogP contribution in [0.1, 0.15) is 28.9 Å². The summed E-state index contributed by atoms with van der Waals surface area (Å²) in [4.78, 5) is 24.7. The zero-order chi connectivity index (χ0) is 19.8. The number of anilines is 1. The number of pyridine rings is 2. The van der Waals surface area contributed by atoms with Gasteiger partial charge in [0.05, 0.1) is 23.3 Å². The normalized spacial score (nSPS) is 14.0. The van der Waals surface area contributed by atoms with E-state index in [0.717, 1.165) is 58.5 Å². The molecule has 1 saturated heterocycles. The molecule has 1 amide bonds. The summed E-state index contributed by atoms with van der Waals surface area (Å²) < 4.78 is 2.93. The van der Waals surface area contributed by atoms with E-state index in [1.165, 1.54) is 0 Å². The number of aromatic nitrogens is 3. The Labute approximate surface area is 176 Å². The van der Waals surface area contributed by atoms with Crippen molar-refractivity contribution in [2.75, 3.05) is 18.0 Å².